The van der Waals surface area contributed by atoms with Crippen molar-refractivity contribution in [2.75, 3.05) is 13.7 Å². The lowest BCUT2D eigenvalue weighted by Crippen LogP contribution is -2.30. The Labute approximate surface area is 140 Å². The summed E-state index contributed by atoms with van der Waals surface area (Å²) in [5.41, 5.74) is 2.31. The van der Waals surface area contributed by atoms with Crippen LogP contribution >= 0.6 is 11.6 Å². The number of hydrogen-bond donors (Lipinski definition) is 1. The molecule has 122 valence electrons. The van der Waals surface area contributed by atoms with E-state index in [1.165, 1.54) is 12.1 Å². The zero-order valence-electron chi connectivity index (χ0n) is 13.1. The molecule has 0 spiro atoms. The molecule has 0 bridgehead atoms. The van der Waals surface area contributed by atoms with Crippen molar-refractivity contribution in [2.45, 2.75) is 19.4 Å². The van der Waals surface area contributed by atoms with Crippen molar-refractivity contribution in [1.82, 2.24) is 5.32 Å². The molecule has 23 heavy (non-hydrogen) atoms. The first-order valence-corrected chi connectivity index (χ1v) is 7.68. The normalized spacial score (nSPS) is 12.0. The lowest BCUT2D eigenvalue weighted by molar-refractivity contribution is -0.121. The molecule has 0 saturated heterocycles. The minimum Gasteiger partial charge on any atom is -0.375 e. The summed E-state index contributed by atoms with van der Waals surface area (Å²) in [6, 6.07) is 12.2. The standard InChI is InChI=1S/C18H19ClFNO2/c1-12-6-3-4-7-13(12)17(23-2)11-21-18(22)10-14-15(19)8-5-9-16(14)20/h3-9,17H,10-11H2,1-2H3,(H,21,22). The van der Waals surface area contributed by atoms with Crippen molar-refractivity contribution in [3.63, 3.8) is 0 Å². The van der Waals surface area contributed by atoms with Gasteiger partial charge in [-0.1, -0.05) is 41.9 Å². The fraction of sp³-hybridized carbons (Fsp3) is 0.278. The number of carbonyl (C=O) groups excluding carboxylic acids is 1. The second-order valence-electron chi connectivity index (χ2n) is 5.26. The highest BCUT2D eigenvalue weighted by Crippen LogP contribution is 2.21. The Morgan fingerprint density at radius 3 is 2.65 bits per heavy atom. The van der Waals surface area contributed by atoms with Crippen molar-refractivity contribution in [3.8, 4) is 0 Å². The van der Waals surface area contributed by atoms with Crippen LogP contribution in [0.4, 0.5) is 4.39 Å². The zero-order chi connectivity index (χ0) is 16.8. The second-order valence-corrected chi connectivity index (χ2v) is 5.67. The Balaban J connectivity index is 1.99. The van der Waals surface area contributed by atoms with E-state index in [2.05, 4.69) is 5.32 Å². The van der Waals surface area contributed by atoms with Gasteiger partial charge in [-0.05, 0) is 30.2 Å². The SMILES string of the molecule is COC(CNC(=O)Cc1c(F)cccc1Cl)c1ccccc1C. The lowest BCUT2D eigenvalue weighted by atomic mass is 10.0. The molecule has 0 radical (unpaired) electrons. The Morgan fingerprint density at radius 2 is 2.00 bits per heavy atom. The molecule has 2 aromatic rings. The zero-order valence-corrected chi connectivity index (χ0v) is 13.9. The smallest absolute Gasteiger partial charge is 0.224 e. The maximum absolute atomic E-state index is 13.7. The van der Waals surface area contributed by atoms with Gasteiger partial charge in [-0.2, -0.15) is 0 Å². The van der Waals surface area contributed by atoms with Gasteiger partial charge in [0, 0.05) is 24.2 Å². The first kappa shape index (κ1) is 17.4. The minimum absolute atomic E-state index is 0.101. The van der Waals surface area contributed by atoms with Gasteiger partial charge in [-0.3, -0.25) is 4.79 Å². The highest BCUT2D eigenvalue weighted by Gasteiger charge is 2.16. The fourth-order valence-electron chi connectivity index (χ4n) is 2.40. The number of rotatable bonds is 6. The van der Waals surface area contributed by atoms with Crippen LogP contribution in [0.3, 0.4) is 0 Å². The average molecular weight is 336 g/mol. The molecule has 0 fully saturated rings. The van der Waals surface area contributed by atoms with Gasteiger partial charge in [-0.25, -0.2) is 4.39 Å². The topological polar surface area (TPSA) is 38.3 Å². The number of benzene rings is 2. The van der Waals surface area contributed by atoms with Crippen LogP contribution in [-0.4, -0.2) is 19.6 Å². The van der Waals surface area contributed by atoms with E-state index < -0.39 is 5.82 Å². The molecule has 3 nitrogen and oxygen atoms in total. The maximum Gasteiger partial charge on any atom is 0.224 e. The predicted molar refractivity (Wildman–Crippen MR) is 89.1 cm³/mol. The van der Waals surface area contributed by atoms with Gasteiger partial charge >= 0.3 is 0 Å². The first-order valence-electron chi connectivity index (χ1n) is 7.30. The largest absolute Gasteiger partial charge is 0.375 e. The Hall–Kier alpha value is -1.91. The van der Waals surface area contributed by atoms with E-state index in [0.29, 0.717) is 6.54 Å². The molecule has 1 unspecified atom stereocenters. The Kier molecular flexibility index (Phi) is 6.13. The van der Waals surface area contributed by atoms with Gasteiger partial charge < -0.3 is 10.1 Å². The fourth-order valence-corrected chi connectivity index (χ4v) is 2.63. The molecule has 2 rings (SSSR count). The molecule has 2 aromatic carbocycles. The van der Waals surface area contributed by atoms with Crippen molar-refractivity contribution >= 4 is 17.5 Å². The van der Waals surface area contributed by atoms with Gasteiger partial charge in [0.25, 0.3) is 0 Å². The van der Waals surface area contributed by atoms with Gasteiger partial charge in [0.2, 0.25) is 5.91 Å². The summed E-state index contributed by atoms with van der Waals surface area (Å²) in [7, 11) is 1.59. The van der Waals surface area contributed by atoms with Gasteiger partial charge in [0.05, 0.1) is 12.5 Å². The molecule has 0 saturated carbocycles. The molecule has 5 heteroatoms. The molecular formula is C18H19ClFNO2. The number of hydrogen-bond acceptors (Lipinski definition) is 2. The molecule has 1 amide bonds. The van der Waals surface area contributed by atoms with Crippen LogP contribution in [0, 0.1) is 12.7 Å². The van der Waals surface area contributed by atoms with Crippen LogP contribution < -0.4 is 5.32 Å². The van der Waals surface area contributed by atoms with Crippen LogP contribution in [0.25, 0.3) is 0 Å². The van der Waals surface area contributed by atoms with Crippen LogP contribution in [0.5, 0.6) is 0 Å². The van der Waals surface area contributed by atoms with Gasteiger partial charge in [0.15, 0.2) is 0 Å². The van der Waals surface area contributed by atoms with Crippen molar-refractivity contribution in [2.24, 2.45) is 0 Å². The molecule has 0 aliphatic rings. The van der Waals surface area contributed by atoms with E-state index in [4.69, 9.17) is 16.3 Å². The van der Waals surface area contributed by atoms with E-state index in [9.17, 15) is 9.18 Å². The maximum atomic E-state index is 13.7. The van der Waals surface area contributed by atoms with E-state index in [1.807, 2.05) is 31.2 Å². The highest BCUT2D eigenvalue weighted by molar-refractivity contribution is 6.31. The van der Waals surface area contributed by atoms with Gasteiger partial charge in [-0.15, -0.1) is 0 Å². The highest BCUT2D eigenvalue weighted by atomic mass is 35.5. The number of nitrogens with one attached hydrogen (secondary N) is 1. The molecular weight excluding hydrogens is 317 g/mol. The quantitative estimate of drug-likeness (QED) is 0.871. The van der Waals surface area contributed by atoms with E-state index in [1.54, 1.807) is 13.2 Å². The Bertz CT molecular complexity index is 670. The van der Waals surface area contributed by atoms with Crippen LogP contribution in [0.2, 0.25) is 5.02 Å². The van der Waals surface area contributed by atoms with E-state index in [0.717, 1.165) is 11.1 Å². The number of ether oxygens (including phenoxy) is 1. The summed E-state index contributed by atoms with van der Waals surface area (Å²) in [6.07, 6.45) is -0.355. The molecule has 1 N–H and O–H groups in total. The summed E-state index contributed by atoms with van der Waals surface area (Å²) in [5.74, 6) is -0.775. The molecule has 0 aliphatic heterocycles. The third-order valence-corrected chi connectivity index (χ3v) is 4.06. The van der Waals surface area contributed by atoms with Gasteiger partial charge in [0.1, 0.15) is 5.82 Å². The van der Waals surface area contributed by atoms with Crippen molar-refractivity contribution < 1.29 is 13.9 Å². The summed E-state index contributed by atoms with van der Waals surface area (Å²) < 4.78 is 19.2. The van der Waals surface area contributed by atoms with Crippen molar-refractivity contribution in [3.05, 3.63) is 70.0 Å². The molecule has 0 aliphatic carbocycles. The molecule has 0 heterocycles. The number of halogens is 2. The molecule has 1 atom stereocenters. The first-order chi connectivity index (χ1) is 11.0. The minimum atomic E-state index is -0.477. The molecule has 0 aromatic heterocycles. The summed E-state index contributed by atoms with van der Waals surface area (Å²) in [6.45, 7) is 2.30. The number of aryl methyl sites for hydroxylation is 1. The van der Waals surface area contributed by atoms with Crippen LogP contribution in [0.15, 0.2) is 42.5 Å². The summed E-state index contributed by atoms with van der Waals surface area (Å²) in [5, 5.41) is 3.03. The third kappa shape index (κ3) is 4.53. The number of carbonyl (C=O) groups is 1. The average Bonchev–Trinajstić information content (AvgIpc) is 2.53. The monoisotopic (exact) mass is 335 g/mol. The lowest BCUT2D eigenvalue weighted by Gasteiger charge is -2.18. The van der Waals surface area contributed by atoms with Crippen molar-refractivity contribution in [1.29, 1.82) is 0 Å². The third-order valence-electron chi connectivity index (χ3n) is 3.70. The Morgan fingerprint density at radius 1 is 1.26 bits per heavy atom. The second kappa shape index (κ2) is 8.09. The number of amides is 1. The predicted octanol–water partition coefficient (Wildman–Crippen LogP) is 3.83. The van der Waals surface area contributed by atoms with E-state index in [-0.39, 0.29) is 29.0 Å². The summed E-state index contributed by atoms with van der Waals surface area (Å²) in [4.78, 5) is 12.1. The van der Waals surface area contributed by atoms with E-state index >= 15 is 0 Å². The van der Waals surface area contributed by atoms with Crippen LogP contribution in [-0.2, 0) is 16.0 Å². The van der Waals surface area contributed by atoms with Crippen LogP contribution in [0.1, 0.15) is 22.8 Å². The summed E-state index contributed by atoms with van der Waals surface area (Å²) >= 11 is 5.94. The number of methoxy groups -OCH3 is 1.